The summed E-state index contributed by atoms with van der Waals surface area (Å²) >= 11 is 1.72. The van der Waals surface area contributed by atoms with E-state index in [0.717, 1.165) is 19.6 Å². The smallest absolute Gasteiger partial charge is 0.306 e. The molecule has 1 aliphatic rings. The summed E-state index contributed by atoms with van der Waals surface area (Å²) in [5.41, 5.74) is 2.37. The van der Waals surface area contributed by atoms with E-state index in [9.17, 15) is 9.50 Å². The zero-order chi connectivity index (χ0) is 21.4. The van der Waals surface area contributed by atoms with Crippen LogP contribution in [-0.4, -0.2) is 66.3 Å². The van der Waals surface area contributed by atoms with Crippen molar-refractivity contribution in [3.05, 3.63) is 48.7 Å². The van der Waals surface area contributed by atoms with Gasteiger partial charge in [0, 0.05) is 56.3 Å². The van der Waals surface area contributed by atoms with E-state index in [2.05, 4.69) is 35.9 Å². The van der Waals surface area contributed by atoms with E-state index in [-0.39, 0.29) is 0 Å². The molecular formula is C20H20FN7O2S. The Morgan fingerprint density at radius 2 is 2.16 bits per heavy atom. The van der Waals surface area contributed by atoms with Crippen LogP contribution in [-0.2, 0) is 0 Å². The molecule has 31 heavy (non-hydrogen) atoms. The van der Waals surface area contributed by atoms with Crippen molar-refractivity contribution in [2.45, 2.75) is 0 Å². The van der Waals surface area contributed by atoms with Gasteiger partial charge in [-0.15, -0.1) is 0 Å². The highest BCUT2D eigenvalue weighted by atomic mass is 32.2. The summed E-state index contributed by atoms with van der Waals surface area (Å²) < 4.78 is 25.2. The van der Waals surface area contributed by atoms with Crippen LogP contribution in [0.25, 0.3) is 28.5 Å². The largest absolute Gasteiger partial charge is 0.505 e. The number of likely N-dealkylation sites (N-methyl/N-ethyl adjacent to an activating group) is 1. The number of rotatable bonds is 6. The molecule has 1 aromatic carbocycles. The summed E-state index contributed by atoms with van der Waals surface area (Å²) in [6, 6.07) is 5.88. The first-order valence-corrected chi connectivity index (χ1v) is 10.5. The lowest BCUT2D eigenvalue weighted by Crippen LogP contribution is -2.22. The standard InChI is InChI=1S/C20H20FN7O2S/c1-26-8-9-27(31-26)7-6-23-19-22-5-4-15(24-19)18-17(25-20-28(18)10-11-30-20)13-2-3-14(21)16(29)12-13/h2-5,10-12,29H,6-9H2,1H3,(H,22,23,24). The molecule has 0 radical (unpaired) electrons. The van der Waals surface area contributed by atoms with Gasteiger partial charge in [0.05, 0.1) is 5.69 Å². The van der Waals surface area contributed by atoms with Crippen LogP contribution in [0.1, 0.15) is 0 Å². The van der Waals surface area contributed by atoms with Gasteiger partial charge in [0.2, 0.25) is 5.95 Å². The molecule has 0 unspecified atom stereocenters. The highest BCUT2D eigenvalue weighted by molar-refractivity contribution is 7.94. The SMILES string of the molecule is CN1CCN(CCNc2nccc(-c3c(-c4ccc(F)c(O)c4)nc4occn34)n2)S1. The Labute approximate surface area is 181 Å². The zero-order valence-electron chi connectivity index (χ0n) is 16.7. The number of phenols is 1. The maximum absolute atomic E-state index is 13.6. The molecule has 11 heteroatoms. The van der Waals surface area contributed by atoms with E-state index in [1.54, 1.807) is 41.1 Å². The average molecular weight is 441 g/mol. The Morgan fingerprint density at radius 1 is 1.26 bits per heavy atom. The Hall–Kier alpha value is -3.15. The summed E-state index contributed by atoms with van der Waals surface area (Å²) in [6.07, 6.45) is 4.94. The van der Waals surface area contributed by atoms with Gasteiger partial charge in [-0.2, -0.15) is 4.98 Å². The minimum absolute atomic E-state index is 0.372. The van der Waals surface area contributed by atoms with Crippen LogP contribution in [0.4, 0.5) is 10.3 Å². The summed E-state index contributed by atoms with van der Waals surface area (Å²) in [5.74, 6) is -0.258. The van der Waals surface area contributed by atoms with Crippen molar-refractivity contribution in [1.82, 2.24) is 28.0 Å². The van der Waals surface area contributed by atoms with Crippen molar-refractivity contribution in [3.63, 3.8) is 0 Å². The first kappa shape index (κ1) is 19.8. The first-order chi connectivity index (χ1) is 15.1. The Kier molecular flexibility index (Phi) is 5.22. The van der Waals surface area contributed by atoms with Crippen molar-refractivity contribution in [3.8, 4) is 28.4 Å². The molecule has 1 fully saturated rings. The molecular weight excluding hydrogens is 421 g/mol. The van der Waals surface area contributed by atoms with Gasteiger partial charge in [0.15, 0.2) is 11.6 Å². The van der Waals surface area contributed by atoms with Gasteiger partial charge in [-0.25, -0.2) is 23.0 Å². The maximum atomic E-state index is 13.6. The van der Waals surface area contributed by atoms with Crippen molar-refractivity contribution in [2.75, 3.05) is 38.5 Å². The zero-order valence-corrected chi connectivity index (χ0v) is 17.5. The molecule has 0 spiro atoms. The third-order valence-corrected chi connectivity index (χ3v) is 6.00. The van der Waals surface area contributed by atoms with E-state index in [4.69, 9.17) is 4.42 Å². The molecule has 0 atom stereocenters. The minimum Gasteiger partial charge on any atom is -0.505 e. The molecule has 4 aromatic rings. The van der Waals surface area contributed by atoms with Gasteiger partial charge in [-0.1, -0.05) is 0 Å². The molecule has 3 aromatic heterocycles. The molecule has 0 bridgehead atoms. The Bertz CT molecular complexity index is 1230. The molecule has 0 aliphatic carbocycles. The maximum Gasteiger partial charge on any atom is 0.306 e. The number of aromatic nitrogens is 4. The van der Waals surface area contributed by atoms with E-state index in [1.165, 1.54) is 18.4 Å². The number of oxazole rings is 1. The van der Waals surface area contributed by atoms with Crippen molar-refractivity contribution < 1.29 is 13.9 Å². The molecule has 4 heterocycles. The molecule has 160 valence electrons. The van der Waals surface area contributed by atoms with Gasteiger partial charge in [0.25, 0.3) is 0 Å². The number of hydrogen-bond donors (Lipinski definition) is 2. The predicted molar refractivity (Wildman–Crippen MR) is 116 cm³/mol. The van der Waals surface area contributed by atoms with Crippen molar-refractivity contribution in [2.24, 2.45) is 0 Å². The number of halogens is 1. The number of hydrogen-bond acceptors (Lipinski definition) is 9. The number of aromatic hydroxyl groups is 1. The van der Waals surface area contributed by atoms with Crippen LogP contribution >= 0.6 is 12.1 Å². The van der Waals surface area contributed by atoms with Crippen LogP contribution in [0.2, 0.25) is 0 Å². The monoisotopic (exact) mass is 441 g/mol. The average Bonchev–Trinajstić information content (AvgIpc) is 3.46. The number of nitrogens with zero attached hydrogens (tertiary/aromatic N) is 6. The highest BCUT2D eigenvalue weighted by Gasteiger charge is 2.21. The summed E-state index contributed by atoms with van der Waals surface area (Å²) in [4.78, 5) is 13.5. The molecule has 9 nitrogen and oxygen atoms in total. The Morgan fingerprint density at radius 3 is 2.97 bits per heavy atom. The van der Waals surface area contributed by atoms with E-state index < -0.39 is 11.6 Å². The van der Waals surface area contributed by atoms with Crippen LogP contribution in [0.15, 0.2) is 47.3 Å². The van der Waals surface area contributed by atoms with Gasteiger partial charge in [-0.3, -0.25) is 4.40 Å². The number of imidazole rings is 1. The second kappa shape index (κ2) is 8.17. The number of nitrogens with one attached hydrogen (secondary N) is 1. The fourth-order valence-corrected chi connectivity index (χ4v) is 4.34. The fraction of sp³-hybridized carbons (Fsp3) is 0.250. The quantitative estimate of drug-likeness (QED) is 0.438. The second-order valence-electron chi connectivity index (χ2n) is 7.09. The molecule has 1 saturated heterocycles. The van der Waals surface area contributed by atoms with Crippen molar-refractivity contribution in [1.29, 1.82) is 0 Å². The van der Waals surface area contributed by atoms with Gasteiger partial charge >= 0.3 is 5.84 Å². The van der Waals surface area contributed by atoms with Gasteiger partial charge < -0.3 is 14.8 Å². The number of anilines is 1. The Balaban J connectivity index is 1.44. The topological polar surface area (TPSA) is 95.0 Å². The van der Waals surface area contributed by atoms with Crippen LogP contribution in [0, 0.1) is 5.82 Å². The molecule has 1 aliphatic heterocycles. The van der Waals surface area contributed by atoms with Crippen molar-refractivity contribution >= 4 is 23.9 Å². The molecule has 2 N–H and O–H groups in total. The number of phenolic OH excluding ortho intramolecular Hbond substituents is 1. The van der Waals surface area contributed by atoms with Crippen LogP contribution in [0.5, 0.6) is 5.75 Å². The van der Waals surface area contributed by atoms with E-state index >= 15 is 0 Å². The number of benzene rings is 1. The van der Waals surface area contributed by atoms with E-state index in [0.29, 0.717) is 41.0 Å². The predicted octanol–water partition coefficient (Wildman–Crippen LogP) is 3.12. The normalized spacial score (nSPS) is 15.2. The second-order valence-corrected chi connectivity index (χ2v) is 8.39. The van der Waals surface area contributed by atoms with Gasteiger partial charge in [-0.05, 0) is 31.3 Å². The lowest BCUT2D eigenvalue weighted by atomic mass is 10.1. The lowest BCUT2D eigenvalue weighted by Gasteiger charge is -2.14. The summed E-state index contributed by atoms with van der Waals surface area (Å²) in [5, 5.41) is 13.1. The fourth-order valence-electron chi connectivity index (χ4n) is 3.44. The molecule has 0 saturated carbocycles. The third-order valence-electron chi connectivity index (χ3n) is 4.94. The summed E-state index contributed by atoms with van der Waals surface area (Å²) in [6.45, 7) is 3.63. The number of fused-ring (bicyclic) bond motifs is 1. The minimum atomic E-state index is -0.691. The van der Waals surface area contributed by atoms with Gasteiger partial charge in [0.1, 0.15) is 17.7 Å². The highest BCUT2D eigenvalue weighted by Crippen LogP contribution is 2.34. The lowest BCUT2D eigenvalue weighted by molar-refractivity contribution is 0.432. The molecule has 0 amide bonds. The van der Waals surface area contributed by atoms with Crippen LogP contribution in [0.3, 0.4) is 0 Å². The third kappa shape index (κ3) is 3.94. The molecule has 5 rings (SSSR count). The van der Waals surface area contributed by atoms with Crippen LogP contribution < -0.4 is 5.32 Å². The van der Waals surface area contributed by atoms with E-state index in [1.807, 2.05) is 0 Å². The summed E-state index contributed by atoms with van der Waals surface area (Å²) in [7, 11) is 2.07. The first-order valence-electron chi connectivity index (χ1n) is 9.74.